The zero-order chi connectivity index (χ0) is 15.7. The highest BCUT2D eigenvalue weighted by molar-refractivity contribution is 6.27. The summed E-state index contributed by atoms with van der Waals surface area (Å²) >= 11 is 5.51. The van der Waals surface area contributed by atoms with E-state index in [4.69, 9.17) is 11.6 Å². The zero-order valence-corrected chi connectivity index (χ0v) is 12.9. The van der Waals surface area contributed by atoms with Gasteiger partial charge < -0.3 is 0 Å². The molecule has 0 atom stereocenters. The van der Waals surface area contributed by atoms with Crippen molar-refractivity contribution in [2.75, 3.05) is 5.88 Å². The van der Waals surface area contributed by atoms with Crippen LogP contribution in [-0.4, -0.2) is 17.4 Å². The van der Waals surface area contributed by atoms with Crippen molar-refractivity contribution in [3.8, 4) is 0 Å². The molecule has 0 unspecified atom stereocenters. The molecular formula is C18H19ClO2. The summed E-state index contributed by atoms with van der Waals surface area (Å²) < 4.78 is 0. The smallest absolute Gasteiger partial charge is 0.192 e. The summed E-state index contributed by atoms with van der Waals surface area (Å²) in [5.74, 6) is -0.131. The minimum atomic E-state index is -0.0601. The van der Waals surface area contributed by atoms with Gasteiger partial charge in [0, 0.05) is 17.6 Å². The van der Waals surface area contributed by atoms with E-state index in [0.717, 1.165) is 5.56 Å². The fourth-order valence-corrected chi connectivity index (χ4v) is 1.98. The lowest BCUT2D eigenvalue weighted by Gasteiger charge is -2.05. The Kier molecular flexibility index (Phi) is 7.41. The Morgan fingerprint density at radius 2 is 2.10 bits per heavy atom. The Bertz CT molecular complexity index is 583. The van der Waals surface area contributed by atoms with E-state index < -0.39 is 0 Å². The lowest BCUT2D eigenvalue weighted by Crippen LogP contribution is -2.06. The molecule has 0 amide bonds. The first-order chi connectivity index (χ1) is 10.1. The van der Waals surface area contributed by atoms with Crippen molar-refractivity contribution < 1.29 is 9.59 Å². The third-order valence-corrected chi connectivity index (χ3v) is 3.15. The molecule has 1 aromatic carbocycles. The van der Waals surface area contributed by atoms with E-state index >= 15 is 0 Å². The molecule has 0 fully saturated rings. The zero-order valence-electron chi connectivity index (χ0n) is 12.1. The number of Topliss-reactive ketones (excluding diaryl/α,β-unsaturated/α-hetero) is 2. The van der Waals surface area contributed by atoms with E-state index in [0.29, 0.717) is 17.6 Å². The lowest BCUT2D eigenvalue weighted by atomic mass is 9.98. The van der Waals surface area contributed by atoms with Crippen LogP contribution in [0.4, 0.5) is 0 Å². The first-order valence-electron chi connectivity index (χ1n) is 6.77. The van der Waals surface area contributed by atoms with Gasteiger partial charge in [-0.1, -0.05) is 42.5 Å². The number of carbonyl (C=O) groups excluding carboxylic acids is 2. The molecule has 0 bridgehead atoms. The largest absolute Gasteiger partial charge is 0.298 e. The van der Waals surface area contributed by atoms with E-state index in [-0.39, 0.29) is 23.9 Å². The van der Waals surface area contributed by atoms with Gasteiger partial charge in [0.25, 0.3) is 0 Å². The van der Waals surface area contributed by atoms with Crippen molar-refractivity contribution in [2.45, 2.75) is 19.8 Å². The van der Waals surface area contributed by atoms with E-state index in [2.05, 4.69) is 6.58 Å². The van der Waals surface area contributed by atoms with Gasteiger partial charge in [-0.25, -0.2) is 0 Å². The fraction of sp³-hybridized carbons (Fsp3) is 0.222. The standard InChI is InChI=1S/C18H19ClO2/c1-3-5-9-15(7-4-2)18(21)16-10-6-8-14(11-16)12-17(20)13-19/h3-4,6-11H,1,5,12-13H2,2H3/b7-4-,15-9+. The molecule has 0 aliphatic carbocycles. The van der Waals surface area contributed by atoms with Crippen molar-refractivity contribution in [3.63, 3.8) is 0 Å². The summed E-state index contributed by atoms with van der Waals surface area (Å²) in [5.41, 5.74) is 2.00. The molecule has 0 N–H and O–H groups in total. The second kappa shape index (κ2) is 9.09. The van der Waals surface area contributed by atoms with Crippen LogP contribution in [0.2, 0.25) is 0 Å². The number of hydrogen-bond donors (Lipinski definition) is 0. The molecule has 0 saturated carbocycles. The number of ketones is 2. The van der Waals surface area contributed by atoms with Gasteiger partial charge in [-0.3, -0.25) is 9.59 Å². The monoisotopic (exact) mass is 302 g/mol. The van der Waals surface area contributed by atoms with Crippen molar-refractivity contribution in [3.05, 3.63) is 71.8 Å². The van der Waals surface area contributed by atoms with Gasteiger partial charge in [0.2, 0.25) is 0 Å². The van der Waals surface area contributed by atoms with Crippen molar-refractivity contribution >= 4 is 23.2 Å². The number of alkyl halides is 1. The van der Waals surface area contributed by atoms with Gasteiger partial charge in [-0.15, -0.1) is 18.2 Å². The Labute approximate surface area is 130 Å². The third kappa shape index (κ3) is 5.52. The molecule has 0 aliphatic heterocycles. The predicted octanol–water partition coefficient (Wildman–Crippen LogP) is 4.30. The van der Waals surface area contributed by atoms with E-state index in [9.17, 15) is 9.59 Å². The molecule has 0 spiro atoms. The maximum atomic E-state index is 12.5. The van der Waals surface area contributed by atoms with Crippen molar-refractivity contribution in [2.24, 2.45) is 0 Å². The highest BCUT2D eigenvalue weighted by atomic mass is 35.5. The van der Waals surface area contributed by atoms with Gasteiger partial charge in [-0.2, -0.15) is 0 Å². The average Bonchev–Trinajstić information content (AvgIpc) is 2.50. The van der Waals surface area contributed by atoms with Crippen LogP contribution in [0, 0.1) is 0 Å². The molecule has 0 radical (unpaired) electrons. The third-order valence-electron chi connectivity index (χ3n) is 2.85. The minimum absolute atomic E-state index is 0.0127. The van der Waals surface area contributed by atoms with Crippen LogP contribution in [-0.2, 0) is 11.2 Å². The molecular weight excluding hydrogens is 284 g/mol. The normalized spacial score (nSPS) is 11.6. The number of hydrogen-bond acceptors (Lipinski definition) is 2. The first kappa shape index (κ1) is 17.1. The van der Waals surface area contributed by atoms with E-state index in [1.165, 1.54) is 0 Å². The maximum absolute atomic E-state index is 12.5. The molecule has 0 aliphatic rings. The highest BCUT2D eigenvalue weighted by Gasteiger charge is 2.11. The molecule has 0 aromatic heterocycles. The number of rotatable bonds is 8. The summed E-state index contributed by atoms with van der Waals surface area (Å²) in [6, 6.07) is 7.11. The van der Waals surface area contributed by atoms with E-state index in [1.54, 1.807) is 30.4 Å². The molecule has 0 heterocycles. The summed E-state index contributed by atoms with van der Waals surface area (Å²) in [6.07, 6.45) is 8.07. The Hall–Kier alpha value is -1.93. The van der Waals surface area contributed by atoms with Gasteiger partial charge in [0.1, 0.15) is 0 Å². The van der Waals surface area contributed by atoms with Crippen molar-refractivity contribution in [1.29, 1.82) is 0 Å². The van der Waals surface area contributed by atoms with Crippen LogP contribution < -0.4 is 0 Å². The SMILES string of the molecule is C=CC/C=C(\C=C/C)C(=O)c1cccc(CC(=O)CCl)c1. The van der Waals surface area contributed by atoms with Crippen LogP contribution in [0.5, 0.6) is 0 Å². The highest BCUT2D eigenvalue weighted by Crippen LogP contribution is 2.14. The Balaban J connectivity index is 3.02. The summed E-state index contributed by atoms with van der Waals surface area (Å²) in [7, 11) is 0. The van der Waals surface area contributed by atoms with Crippen molar-refractivity contribution in [1.82, 2.24) is 0 Å². The van der Waals surface area contributed by atoms with Crippen LogP contribution in [0.1, 0.15) is 29.3 Å². The molecule has 110 valence electrons. The number of benzene rings is 1. The van der Waals surface area contributed by atoms with Crippen LogP contribution in [0.3, 0.4) is 0 Å². The second-order valence-electron chi connectivity index (χ2n) is 4.56. The number of carbonyl (C=O) groups is 2. The molecule has 1 rings (SSSR count). The summed E-state index contributed by atoms with van der Waals surface area (Å²) in [6.45, 7) is 5.52. The lowest BCUT2D eigenvalue weighted by molar-refractivity contribution is -0.116. The van der Waals surface area contributed by atoms with Gasteiger partial charge >= 0.3 is 0 Å². The Morgan fingerprint density at radius 1 is 1.33 bits per heavy atom. The minimum Gasteiger partial charge on any atom is -0.298 e. The predicted molar refractivity (Wildman–Crippen MR) is 87.9 cm³/mol. The molecule has 3 heteroatoms. The molecule has 0 saturated heterocycles. The molecule has 21 heavy (non-hydrogen) atoms. The second-order valence-corrected chi connectivity index (χ2v) is 4.83. The van der Waals surface area contributed by atoms with Crippen LogP contribution >= 0.6 is 11.6 Å². The molecule has 2 nitrogen and oxygen atoms in total. The summed E-state index contributed by atoms with van der Waals surface area (Å²) in [5, 5.41) is 0. The average molecular weight is 303 g/mol. The van der Waals surface area contributed by atoms with Gasteiger partial charge in [-0.05, 0) is 25.0 Å². The number of halogens is 1. The summed E-state index contributed by atoms with van der Waals surface area (Å²) in [4.78, 5) is 23.9. The fourth-order valence-electron chi connectivity index (χ4n) is 1.89. The number of allylic oxidation sites excluding steroid dienone is 5. The van der Waals surface area contributed by atoms with E-state index in [1.807, 2.05) is 25.1 Å². The van der Waals surface area contributed by atoms with Crippen LogP contribution in [0.25, 0.3) is 0 Å². The van der Waals surface area contributed by atoms with Crippen LogP contribution in [0.15, 0.2) is 60.7 Å². The topological polar surface area (TPSA) is 34.1 Å². The maximum Gasteiger partial charge on any atom is 0.192 e. The quantitative estimate of drug-likeness (QED) is 0.236. The molecule has 1 aromatic rings. The first-order valence-corrected chi connectivity index (χ1v) is 7.30. The Morgan fingerprint density at radius 3 is 2.71 bits per heavy atom. The van der Waals surface area contributed by atoms with Gasteiger partial charge in [0.05, 0.1) is 5.88 Å². The van der Waals surface area contributed by atoms with Gasteiger partial charge in [0.15, 0.2) is 11.6 Å².